The molecule has 3 aromatic rings. The van der Waals surface area contributed by atoms with Crippen LogP contribution in [0.25, 0.3) is 10.9 Å². The van der Waals surface area contributed by atoms with Crippen molar-refractivity contribution in [2.24, 2.45) is 0 Å². The SMILES string of the molecule is COCc1ccc(C(=O)N2CCC(c3cc4nc(N(C)C)ncc4c(=O)[nH]3)CC2)o1. The van der Waals surface area contributed by atoms with Gasteiger partial charge in [0, 0.05) is 52.1 Å². The van der Waals surface area contributed by atoms with Crippen LogP contribution >= 0.6 is 0 Å². The molecule has 3 aromatic heterocycles. The predicted octanol–water partition coefficient (Wildman–Crippen LogP) is 2.14. The largest absolute Gasteiger partial charge is 0.453 e. The number of pyridine rings is 1. The Morgan fingerprint density at radius 2 is 2.10 bits per heavy atom. The van der Waals surface area contributed by atoms with Crippen molar-refractivity contribution in [2.45, 2.75) is 25.4 Å². The summed E-state index contributed by atoms with van der Waals surface area (Å²) in [5.41, 5.74) is 1.29. The first-order valence-corrected chi connectivity index (χ1v) is 9.90. The second-order valence-electron chi connectivity index (χ2n) is 7.68. The predicted molar refractivity (Wildman–Crippen MR) is 112 cm³/mol. The topological polar surface area (TPSA) is 105 Å². The third kappa shape index (κ3) is 3.93. The fraction of sp³-hybridized carbons (Fsp3) is 0.429. The molecule has 1 amide bonds. The molecule has 0 bridgehead atoms. The molecule has 30 heavy (non-hydrogen) atoms. The molecule has 1 aliphatic rings. The lowest BCUT2D eigenvalue weighted by Gasteiger charge is -2.31. The number of nitrogens with one attached hydrogen (secondary N) is 1. The Balaban J connectivity index is 1.48. The van der Waals surface area contributed by atoms with Crippen molar-refractivity contribution in [3.05, 3.63) is 52.0 Å². The van der Waals surface area contributed by atoms with Gasteiger partial charge in [-0.1, -0.05) is 0 Å². The Morgan fingerprint density at radius 1 is 1.33 bits per heavy atom. The Kier molecular flexibility index (Phi) is 5.54. The zero-order valence-corrected chi connectivity index (χ0v) is 17.3. The van der Waals surface area contributed by atoms with Crippen LogP contribution in [0.2, 0.25) is 0 Å². The third-order valence-electron chi connectivity index (χ3n) is 5.38. The molecule has 1 fully saturated rings. The number of methoxy groups -OCH3 is 1. The molecule has 9 heteroatoms. The van der Waals surface area contributed by atoms with Crippen molar-refractivity contribution in [3.63, 3.8) is 0 Å². The molecular weight excluding hydrogens is 386 g/mol. The maximum Gasteiger partial charge on any atom is 0.289 e. The van der Waals surface area contributed by atoms with Gasteiger partial charge in [-0.2, -0.15) is 0 Å². The number of piperidine rings is 1. The van der Waals surface area contributed by atoms with E-state index in [1.807, 2.05) is 20.2 Å². The average Bonchev–Trinajstić information content (AvgIpc) is 3.22. The Labute approximate surface area is 173 Å². The maximum atomic E-state index is 12.7. The second-order valence-corrected chi connectivity index (χ2v) is 7.68. The number of anilines is 1. The molecule has 1 N–H and O–H groups in total. The molecule has 0 aliphatic carbocycles. The third-order valence-corrected chi connectivity index (χ3v) is 5.38. The summed E-state index contributed by atoms with van der Waals surface area (Å²) in [5, 5.41) is 0.474. The number of carbonyl (C=O) groups excluding carboxylic acids is 1. The number of H-pyrrole nitrogens is 1. The van der Waals surface area contributed by atoms with Crippen LogP contribution in [0.3, 0.4) is 0 Å². The van der Waals surface area contributed by atoms with Gasteiger partial charge in [-0.3, -0.25) is 9.59 Å². The van der Waals surface area contributed by atoms with Gasteiger partial charge in [-0.05, 0) is 31.0 Å². The number of rotatable bonds is 5. The summed E-state index contributed by atoms with van der Waals surface area (Å²) < 4.78 is 10.6. The van der Waals surface area contributed by atoms with Gasteiger partial charge < -0.3 is 23.9 Å². The number of ether oxygens (including phenoxy) is 1. The zero-order valence-electron chi connectivity index (χ0n) is 17.3. The Morgan fingerprint density at radius 3 is 2.80 bits per heavy atom. The van der Waals surface area contributed by atoms with E-state index in [2.05, 4.69) is 15.0 Å². The number of furan rings is 1. The van der Waals surface area contributed by atoms with Gasteiger partial charge in [0.2, 0.25) is 5.95 Å². The molecule has 1 saturated heterocycles. The van der Waals surface area contributed by atoms with Crippen molar-refractivity contribution >= 4 is 22.8 Å². The number of aromatic amines is 1. The highest BCUT2D eigenvalue weighted by atomic mass is 16.5. The molecule has 0 atom stereocenters. The van der Waals surface area contributed by atoms with E-state index < -0.39 is 0 Å². The van der Waals surface area contributed by atoms with Crippen LogP contribution in [-0.4, -0.2) is 60.1 Å². The first-order chi connectivity index (χ1) is 14.5. The molecule has 4 rings (SSSR count). The van der Waals surface area contributed by atoms with E-state index >= 15 is 0 Å². The summed E-state index contributed by atoms with van der Waals surface area (Å²) >= 11 is 0. The van der Waals surface area contributed by atoms with Crippen molar-refractivity contribution in [1.82, 2.24) is 19.9 Å². The fourth-order valence-electron chi connectivity index (χ4n) is 3.75. The molecule has 158 valence electrons. The monoisotopic (exact) mass is 411 g/mol. The van der Waals surface area contributed by atoms with Crippen molar-refractivity contribution < 1.29 is 13.9 Å². The second kappa shape index (κ2) is 8.27. The van der Waals surface area contributed by atoms with Crippen LogP contribution in [0, 0.1) is 0 Å². The van der Waals surface area contributed by atoms with E-state index in [1.54, 1.807) is 35.2 Å². The van der Waals surface area contributed by atoms with Crippen LogP contribution in [0.1, 0.15) is 40.8 Å². The lowest BCUT2D eigenvalue weighted by molar-refractivity contribution is 0.0672. The van der Waals surface area contributed by atoms with Gasteiger partial charge in [0.1, 0.15) is 12.4 Å². The first-order valence-electron chi connectivity index (χ1n) is 9.90. The van der Waals surface area contributed by atoms with Crippen LogP contribution in [0.15, 0.2) is 33.6 Å². The Bertz CT molecular complexity index is 1110. The number of aromatic nitrogens is 3. The fourth-order valence-corrected chi connectivity index (χ4v) is 3.75. The van der Waals surface area contributed by atoms with Crippen LogP contribution in [-0.2, 0) is 11.3 Å². The first kappa shape index (κ1) is 20.1. The quantitative estimate of drug-likeness (QED) is 0.686. The summed E-state index contributed by atoms with van der Waals surface area (Å²) in [4.78, 5) is 40.5. The summed E-state index contributed by atoms with van der Waals surface area (Å²) in [6.07, 6.45) is 3.07. The highest BCUT2D eigenvalue weighted by Gasteiger charge is 2.27. The molecule has 0 aromatic carbocycles. The molecule has 9 nitrogen and oxygen atoms in total. The van der Waals surface area contributed by atoms with Crippen LogP contribution < -0.4 is 10.5 Å². The molecule has 0 spiro atoms. The summed E-state index contributed by atoms with van der Waals surface area (Å²) in [6.45, 7) is 1.52. The molecule has 4 heterocycles. The van der Waals surface area contributed by atoms with E-state index in [0.717, 1.165) is 18.5 Å². The lowest BCUT2D eigenvalue weighted by Crippen LogP contribution is -2.38. The van der Waals surface area contributed by atoms with Gasteiger partial charge in [-0.15, -0.1) is 0 Å². The number of carbonyl (C=O) groups is 1. The summed E-state index contributed by atoms with van der Waals surface area (Å²) in [5.74, 6) is 1.55. The number of hydrogen-bond donors (Lipinski definition) is 1. The van der Waals surface area contributed by atoms with Gasteiger partial charge >= 0.3 is 0 Å². The smallest absolute Gasteiger partial charge is 0.289 e. The molecule has 0 radical (unpaired) electrons. The van der Waals surface area contributed by atoms with Crippen molar-refractivity contribution in [2.75, 3.05) is 39.2 Å². The molecule has 0 unspecified atom stereocenters. The minimum atomic E-state index is -0.187. The number of likely N-dealkylation sites (tertiary alicyclic amines) is 1. The van der Waals surface area contributed by atoms with E-state index in [9.17, 15) is 9.59 Å². The number of amides is 1. The number of hydrogen-bond acceptors (Lipinski definition) is 7. The zero-order chi connectivity index (χ0) is 21.3. The minimum Gasteiger partial charge on any atom is -0.453 e. The van der Waals surface area contributed by atoms with Gasteiger partial charge in [0.15, 0.2) is 5.76 Å². The van der Waals surface area contributed by atoms with Crippen LogP contribution in [0.4, 0.5) is 5.95 Å². The summed E-state index contributed by atoms with van der Waals surface area (Å²) in [6, 6.07) is 5.37. The van der Waals surface area contributed by atoms with Crippen LogP contribution in [0.5, 0.6) is 0 Å². The normalized spacial score (nSPS) is 15.0. The van der Waals surface area contributed by atoms with E-state index in [4.69, 9.17) is 9.15 Å². The van der Waals surface area contributed by atoms with Gasteiger partial charge in [0.25, 0.3) is 11.5 Å². The number of fused-ring (bicyclic) bond motifs is 1. The van der Waals surface area contributed by atoms with Gasteiger partial charge in [0.05, 0.1) is 10.9 Å². The minimum absolute atomic E-state index is 0.119. The average molecular weight is 411 g/mol. The highest BCUT2D eigenvalue weighted by molar-refractivity contribution is 5.91. The van der Waals surface area contributed by atoms with E-state index in [1.165, 1.54) is 0 Å². The standard InChI is InChI=1S/C21H25N5O4/c1-25(2)21-22-11-15-17(24-21)10-16(23-19(15)27)13-6-8-26(9-7-13)20(28)18-5-4-14(30-18)12-29-3/h4-5,10-11,13H,6-9,12H2,1-3H3,(H,23,27). The van der Waals surface area contributed by atoms with Crippen molar-refractivity contribution in [1.29, 1.82) is 0 Å². The molecule has 0 saturated carbocycles. The molecule has 1 aliphatic heterocycles. The van der Waals surface area contributed by atoms with E-state index in [0.29, 0.717) is 48.1 Å². The lowest BCUT2D eigenvalue weighted by atomic mass is 9.92. The molecular formula is C21H25N5O4. The Hall–Kier alpha value is -3.20. The summed E-state index contributed by atoms with van der Waals surface area (Å²) in [7, 11) is 5.30. The number of nitrogens with zero attached hydrogens (tertiary/aromatic N) is 4. The van der Waals surface area contributed by atoms with E-state index in [-0.39, 0.29) is 17.4 Å². The van der Waals surface area contributed by atoms with Crippen molar-refractivity contribution in [3.8, 4) is 0 Å². The highest BCUT2D eigenvalue weighted by Crippen LogP contribution is 2.28. The maximum absolute atomic E-state index is 12.7. The van der Waals surface area contributed by atoms with Gasteiger partial charge in [-0.25, -0.2) is 9.97 Å².